The van der Waals surface area contributed by atoms with E-state index in [2.05, 4.69) is 0 Å². The van der Waals surface area contributed by atoms with E-state index < -0.39 is 0 Å². The van der Waals surface area contributed by atoms with E-state index in [1.54, 1.807) is 10.6 Å². The van der Waals surface area contributed by atoms with Gasteiger partial charge in [0.2, 0.25) is 0 Å². The van der Waals surface area contributed by atoms with Crippen LogP contribution in [0, 0.1) is 11.8 Å². The minimum Gasteiger partial charge on any atom is -0.408 e. The average molecular weight is 273 g/mol. The first-order chi connectivity index (χ1) is 9.61. The van der Waals surface area contributed by atoms with Gasteiger partial charge >= 0.3 is 5.76 Å². The maximum atomic E-state index is 12.4. The Bertz CT molecular complexity index is 706. The minimum absolute atomic E-state index is 0.0666. The average Bonchev–Trinajstić information content (AvgIpc) is 3.24. The van der Waals surface area contributed by atoms with Crippen molar-refractivity contribution in [1.29, 1.82) is 0 Å². The standard InChI is InChI=1S/C16H19NO3/c1-3-8-17-13-7-6-12(9-14(13)20-16(17)19)15(18)10(2)11-4-5-11/h6-7,9-11H,3-5,8H2,1-2H3. The Morgan fingerprint density at radius 3 is 2.85 bits per heavy atom. The summed E-state index contributed by atoms with van der Waals surface area (Å²) < 4.78 is 6.87. The molecule has 0 N–H and O–H groups in total. The zero-order valence-electron chi connectivity index (χ0n) is 11.9. The Balaban J connectivity index is 1.98. The molecule has 20 heavy (non-hydrogen) atoms. The van der Waals surface area contributed by atoms with Gasteiger partial charge < -0.3 is 4.42 Å². The van der Waals surface area contributed by atoms with Crippen molar-refractivity contribution in [3.8, 4) is 0 Å². The Hall–Kier alpha value is -1.84. The quantitative estimate of drug-likeness (QED) is 0.786. The third-order valence-corrected chi connectivity index (χ3v) is 4.14. The molecule has 4 heteroatoms. The van der Waals surface area contributed by atoms with Gasteiger partial charge in [0, 0.05) is 18.0 Å². The fourth-order valence-electron chi connectivity index (χ4n) is 2.73. The molecule has 0 spiro atoms. The third-order valence-electron chi connectivity index (χ3n) is 4.14. The van der Waals surface area contributed by atoms with Crippen LogP contribution >= 0.6 is 0 Å². The summed E-state index contributed by atoms with van der Waals surface area (Å²) in [6.07, 6.45) is 3.17. The SMILES string of the molecule is CCCn1c(=O)oc2cc(C(=O)C(C)C3CC3)ccc21. The normalized spacial score (nSPS) is 16.5. The molecule has 1 unspecified atom stereocenters. The third kappa shape index (κ3) is 2.19. The van der Waals surface area contributed by atoms with E-state index in [0.717, 1.165) is 24.8 Å². The molecule has 1 aliphatic carbocycles. The van der Waals surface area contributed by atoms with Crippen LogP contribution in [0.3, 0.4) is 0 Å². The first kappa shape index (κ1) is 13.2. The Labute approximate surface area is 117 Å². The second kappa shape index (κ2) is 4.93. The number of Topliss-reactive ketones (excluding diaryl/α,β-unsaturated/α-hetero) is 1. The number of hydrogen-bond acceptors (Lipinski definition) is 3. The van der Waals surface area contributed by atoms with Crippen molar-refractivity contribution in [2.24, 2.45) is 11.8 Å². The Kier molecular flexibility index (Phi) is 3.24. The van der Waals surface area contributed by atoms with Crippen LogP contribution in [-0.4, -0.2) is 10.4 Å². The molecule has 1 aromatic heterocycles. The smallest absolute Gasteiger partial charge is 0.408 e. The molecule has 0 aliphatic heterocycles. The van der Waals surface area contributed by atoms with Crippen molar-refractivity contribution in [3.05, 3.63) is 34.3 Å². The highest BCUT2D eigenvalue weighted by Gasteiger charge is 2.33. The molecule has 3 rings (SSSR count). The van der Waals surface area contributed by atoms with Crippen LogP contribution in [0.15, 0.2) is 27.4 Å². The van der Waals surface area contributed by atoms with Gasteiger partial charge in [0.05, 0.1) is 5.52 Å². The second-order valence-electron chi connectivity index (χ2n) is 5.69. The number of oxazole rings is 1. The summed E-state index contributed by atoms with van der Waals surface area (Å²) in [5.41, 5.74) is 1.93. The van der Waals surface area contributed by atoms with Gasteiger partial charge in [0.25, 0.3) is 0 Å². The molecular weight excluding hydrogens is 254 g/mol. The molecule has 1 atom stereocenters. The van der Waals surface area contributed by atoms with Gasteiger partial charge in [-0.3, -0.25) is 9.36 Å². The molecule has 0 bridgehead atoms. The molecule has 2 aromatic rings. The molecule has 106 valence electrons. The lowest BCUT2D eigenvalue weighted by Gasteiger charge is -2.08. The van der Waals surface area contributed by atoms with Gasteiger partial charge in [-0.1, -0.05) is 13.8 Å². The second-order valence-corrected chi connectivity index (χ2v) is 5.69. The topological polar surface area (TPSA) is 52.2 Å². The molecule has 4 nitrogen and oxygen atoms in total. The van der Waals surface area contributed by atoms with Crippen LogP contribution in [0.1, 0.15) is 43.5 Å². The van der Waals surface area contributed by atoms with Gasteiger partial charge in [-0.15, -0.1) is 0 Å². The molecule has 1 aromatic carbocycles. The van der Waals surface area contributed by atoms with Gasteiger partial charge in [-0.25, -0.2) is 4.79 Å². The fourth-order valence-corrected chi connectivity index (χ4v) is 2.73. The lowest BCUT2D eigenvalue weighted by atomic mass is 9.95. The summed E-state index contributed by atoms with van der Waals surface area (Å²) in [6, 6.07) is 5.34. The van der Waals surface area contributed by atoms with Crippen molar-refractivity contribution in [2.75, 3.05) is 0 Å². The zero-order valence-corrected chi connectivity index (χ0v) is 11.9. The van der Waals surface area contributed by atoms with E-state index in [1.165, 1.54) is 0 Å². The minimum atomic E-state index is -0.346. The first-order valence-corrected chi connectivity index (χ1v) is 7.29. The first-order valence-electron chi connectivity index (χ1n) is 7.29. The molecule has 0 radical (unpaired) electrons. The van der Waals surface area contributed by atoms with Gasteiger partial charge in [-0.2, -0.15) is 0 Å². The number of rotatable bonds is 5. The van der Waals surface area contributed by atoms with E-state index in [1.807, 2.05) is 26.0 Å². The number of ketones is 1. The van der Waals surface area contributed by atoms with Crippen LogP contribution in [0.5, 0.6) is 0 Å². The van der Waals surface area contributed by atoms with Crippen LogP contribution < -0.4 is 5.76 Å². The number of fused-ring (bicyclic) bond motifs is 1. The fraction of sp³-hybridized carbons (Fsp3) is 0.500. The molecule has 1 fully saturated rings. The zero-order chi connectivity index (χ0) is 14.3. The predicted octanol–water partition coefficient (Wildman–Crippen LogP) is 3.23. The number of aryl methyl sites for hydroxylation is 1. The van der Waals surface area contributed by atoms with Gasteiger partial charge in [-0.05, 0) is 43.4 Å². The molecule has 1 aliphatic rings. The van der Waals surface area contributed by atoms with Crippen molar-refractivity contribution < 1.29 is 9.21 Å². The van der Waals surface area contributed by atoms with Crippen LogP contribution in [0.4, 0.5) is 0 Å². The highest BCUT2D eigenvalue weighted by Crippen LogP contribution is 2.38. The van der Waals surface area contributed by atoms with E-state index in [9.17, 15) is 9.59 Å². The monoisotopic (exact) mass is 273 g/mol. The highest BCUT2D eigenvalue weighted by atomic mass is 16.4. The number of carbonyl (C=O) groups is 1. The lowest BCUT2D eigenvalue weighted by molar-refractivity contribution is 0.0916. The van der Waals surface area contributed by atoms with Crippen molar-refractivity contribution in [3.63, 3.8) is 0 Å². The summed E-state index contributed by atoms with van der Waals surface area (Å²) in [7, 11) is 0. The van der Waals surface area contributed by atoms with Gasteiger partial charge in [0.15, 0.2) is 11.4 Å². The van der Waals surface area contributed by atoms with Crippen LogP contribution in [-0.2, 0) is 6.54 Å². The Morgan fingerprint density at radius 2 is 2.20 bits per heavy atom. The highest BCUT2D eigenvalue weighted by molar-refractivity contribution is 6.00. The Morgan fingerprint density at radius 1 is 1.45 bits per heavy atom. The number of carbonyl (C=O) groups excluding carboxylic acids is 1. The molecule has 1 saturated carbocycles. The van der Waals surface area contributed by atoms with Gasteiger partial charge in [0.1, 0.15) is 0 Å². The van der Waals surface area contributed by atoms with Crippen LogP contribution in [0.2, 0.25) is 0 Å². The largest absolute Gasteiger partial charge is 0.419 e. The maximum Gasteiger partial charge on any atom is 0.419 e. The summed E-state index contributed by atoms with van der Waals surface area (Å²) in [4.78, 5) is 24.1. The van der Waals surface area contributed by atoms with E-state index >= 15 is 0 Å². The van der Waals surface area contributed by atoms with E-state index in [0.29, 0.717) is 23.6 Å². The number of nitrogens with zero attached hydrogens (tertiary/aromatic N) is 1. The molecular formula is C16H19NO3. The van der Waals surface area contributed by atoms with Crippen molar-refractivity contribution in [2.45, 2.75) is 39.7 Å². The number of hydrogen-bond donors (Lipinski definition) is 0. The maximum absolute atomic E-state index is 12.4. The van der Waals surface area contributed by atoms with E-state index in [4.69, 9.17) is 4.42 Å². The van der Waals surface area contributed by atoms with Crippen LogP contribution in [0.25, 0.3) is 11.1 Å². The van der Waals surface area contributed by atoms with Crippen molar-refractivity contribution in [1.82, 2.24) is 4.57 Å². The summed E-state index contributed by atoms with van der Waals surface area (Å²) >= 11 is 0. The molecule has 0 amide bonds. The number of benzene rings is 1. The lowest BCUT2D eigenvalue weighted by Crippen LogP contribution is -2.14. The summed E-state index contributed by atoms with van der Waals surface area (Å²) in [5.74, 6) is 0.411. The summed E-state index contributed by atoms with van der Waals surface area (Å²) in [5, 5.41) is 0. The number of aromatic nitrogens is 1. The van der Waals surface area contributed by atoms with E-state index in [-0.39, 0.29) is 17.5 Å². The van der Waals surface area contributed by atoms with Crippen molar-refractivity contribution >= 4 is 16.9 Å². The summed E-state index contributed by atoms with van der Waals surface area (Å²) in [6.45, 7) is 4.64. The molecule has 0 saturated heterocycles. The predicted molar refractivity (Wildman–Crippen MR) is 77.0 cm³/mol. The molecule has 1 heterocycles.